The van der Waals surface area contributed by atoms with Gasteiger partial charge in [-0.2, -0.15) is 5.26 Å². The zero-order valence-corrected chi connectivity index (χ0v) is 18.1. The number of hydrogen-bond acceptors (Lipinski definition) is 5. The predicted molar refractivity (Wildman–Crippen MR) is 120 cm³/mol. The molecular weight excluding hydrogens is 392 g/mol. The Hall–Kier alpha value is -2.97. The van der Waals surface area contributed by atoms with Gasteiger partial charge in [0.2, 0.25) is 0 Å². The van der Waals surface area contributed by atoms with Crippen LogP contribution >= 0.6 is 11.8 Å². The van der Waals surface area contributed by atoms with E-state index in [0.717, 1.165) is 64.8 Å². The highest BCUT2D eigenvalue weighted by atomic mass is 32.2. The van der Waals surface area contributed by atoms with Gasteiger partial charge in [0.05, 0.1) is 19.8 Å². The van der Waals surface area contributed by atoms with Crippen molar-refractivity contribution < 1.29 is 9.47 Å². The number of methoxy groups -OCH3 is 2. The van der Waals surface area contributed by atoms with Crippen LogP contribution < -0.4 is 9.47 Å². The third-order valence-corrected chi connectivity index (χ3v) is 6.49. The van der Waals surface area contributed by atoms with Crippen LogP contribution in [0.1, 0.15) is 35.2 Å². The molecule has 0 aliphatic heterocycles. The van der Waals surface area contributed by atoms with Crippen LogP contribution in [0.5, 0.6) is 11.5 Å². The summed E-state index contributed by atoms with van der Waals surface area (Å²) in [6.07, 6.45) is 4.11. The first-order chi connectivity index (χ1) is 14.7. The summed E-state index contributed by atoms with van der Waals surface area (Å²) in [5.41, 5.74) is 5.97. The molecule has 3 aromatic rings. The smallest absolute Gasteiger partial charge is 0.127 e. The van der Waals surface area contributed by atoms with E-state index < -0.39 is 0 Å². The van der Waals surface area contributed by atoms with Crippen molar-refractivity contribution >= 4 is 11.8 Å². The highest BCUT2D eigenvalue weighted by molar-refractivity contribution is 7.98. The number of benzene rings is 2. The van der Waals surface area contributed by atoms with Crippen molar-refractivity contribution in [3.8, 4) is 28.7 Å². The minimum Gasteiger partial charge on any atom is -0.497 e. The molecule has 0 saturated carbocycles. The molecule has 0 amide bonds. The Bertz CT molecular complexity index is 1090. The third kappa shape index (κ3) is 4.01. The average molecular weight is 417 g/mol. The summed E-state index contributed by atoms with van der Waals surface area (Å²) in [7, 11) is 3.32. The largest absolute Gasteiger partial charge is 0.497 e. The quantitative estimate of drug-likeness (QED) is 0.475. The van der Waals surface area contributed by atoms with E-state index in [1.807, 2.05) is 36.4 Å². The molecule has 1 aliphatic rings. The Balaban J connectivity index is 1.88. The van der Waals surface area contributed by atoms with Gasteiger partial charge >= 0.3 is 0 Å². The van der Waals surface area contributed by atoms with Crippen LogP contribution in [-0.2, 0) is 18.6 Å². The summed E-state index contributed by atoms with van der Waals surface area (Å²) in [5, 5.41) is 11.0. The molecule has 0 saturated heterocycles. The maximum Gasteiger partial charge on any atom is 0.127 e. The number of aromatic nitrogens is 1. The second-order valence-electron chi connectivity index (χ2n) is 7.25. The van der Waals surface area contributed by atoms with Crippen molar-refractivity contribution in [3.05, 3.63) is 70.9 Å². The maximum atomic E-state index is 10.2. The second-order valence-corrected chi connectivity index (χ2v) is 8.22. The molecule has 0 atom stereocenters. The summed E-state index contributed by atoms with van der Waals surface area (Å²) in [4.78, 5) is 4.95. The number of rotatable bonds is 6. The van der Waals surface area contributed by atoms with Gasteiger partial charge in [-0.05, 0) is 55.0 Å². The number of thioether (sulfide) groups is 1. The molecule has 5 heteroatoms. The van der Waals surface area contributed by atoms with Crippen LogP contribution in [0.25, 0.3) is 11.1 Å². The van der Waals surface area contributed by atoms with Crippen molar-refractivity contribution in [1.82, 2.24) is 4.98 Å². The van der Waals surface area contributed by atoms with E-state index in [0.29, 0.717) is 5.56 Å². The van der Waals surface area contributed by atoms with Crippen LogP contribution in [0.3, 0.4) is 0 Å². The average Bonchev–Trinajstić information content (AvgIpc) is 2.81. The molecule has 0 bridgehead atoms. The monoisotopic (exact) mass is 416 g/mol. The number of aryl methyl sites for hydroxylation is 1. The van der Waals surface area contributed by atoms with Crippen LogP contribution in [0.4, 0.5) is 0 Å². The van der Waals surface area contributed by atoms with E-state index in [1.54, 1.807) is 26.0 Å². The number of nitriles is 1. The van der Waals surface area contributed by atoms with Crippen molar-refractivity contribution in [2.75, 3.05) is 14.2 Å². The SMILES string of the molecule is COc1ccc(OC)c(-c2c(C#N)c(SCc3ccccc3)nc3c2CCCC3)c1. The summed E-state index contributed by atoms with van der Waals surface area (Å²) in [5.74, 6) is 2.26. The van der Waals surface area contributed by atoms with Crippen molar-refractivity contribution in [3.63, 3.8) is 0 Å². The zero-order chi connectivity index (χ0) is 20.9. The number of hydrogen-bond donors (Lipinski definition) is 0. The highest BCUT2D eigenvalue weighted by Crippen LogP contribution is 2.43. The Morgan fingerprint density at radius 3 is 2.57 bits per heavy atom. The van der Waals surface area contributed by atoms with E-state index in [1.165, 1.54) is 11.1 Å². The number of ether oxygens (including phenoxy) is 2. The lowest BCUT2D eigenvalue weighted by Gasteiger charge is -2.23. The molecule has 0 fully saturated rings. The van der Waals surface area contributed by atoms with E-state index in [4.69, 9.17) is 14.5 Å². The topological polar surface area (TPSA) is 55.1 Å². The standard InChI is InChI=1S/C25H24N2O2S/c1-28-18-12-13-23(29-2)20(14-18)24-19-10-6-7-11-22(19)27-25(21(24)15-26)30-16-17-8-4-3-5-9-17/h3-5,8-9,12-14H,6-7,10-11,16H2,1-2H3. The van der Waals surface area contributed by atoms with Gasteiger partial charge in [0, 0.05) is 22.6 Å². The molecule has 4 nitrogen and oxygen atoms in total. The van der Waals surface area contributed by atoms with Gasteiger partial charge in [-0.3, -0.25) is 0 Å². The van der Waals surface area contributed by atoms with Crippen LogP contribution in [0, 0.1) is 11.3 Å². The van der Waals surface area contributed by atoms with Crippen LogP contribution in [-0.4, -0.2) is 19.2 Å². The molecular formula is C25H24N2O2S. The number of fused-ring (bicyclic) bond motifs is 1. The second kappa shape index (κ2) is 9.23. The summed E-state index contributed by atoms with van der Waals surface area (Å²) < 4.78 is 11.1. The van der Waals surface area contributed by atoms with E-state index >= 15 is 0 Å². The predicted octanol–water partition coefficient (Wildman–Crippen LogP) is 5.81. The first-order valence-corrected chi connectivity index (χ1v) is 11.1. The fraction of sp³-hybridized carbons (Fsp3) is 0.280. The van der Waals surface area contributed by atoms with Gasteiger partial charge in [0.1, 0.15) is 22.6 Å². The molecule has 0 radical (unpaired) electrons. The van der Waals surface area contributed by atoms with Crippen molar-refractivity contribution in [2.45, 2.75) is 36.5 Å². The Labute approximate surface area is 181 Å². The lowest BCUT2D eigenvalue weighted by Crippen LogP contribution is -2.11. The molecule has 1 heterocycles. The van der Waals surface area contributed by atoms with E-state index in [2.05, 4.69) is 18.2 Å². The molecule has 0 spiro atoms. The third-order valence-electron chi connectivity index (χ3n) is 5.45. The van der Waals surface area contributed by atoms with Gasteiger partial charge in [0.25, 0.3) is 0 Å². The highest BCUT2D eigenvalue weighted by Gasteiger charge is 2.25. The zero-order valence-electron chi connectivity index (χ0n) is 17.3. The Morgan fingerprint density at radius 1 is 1.03 bits per heavy atom. The number of nitrogens with zero attached hydrogens (tertiary/aromatic N) is 2. The van der Waals surface area contributed by atoms with Crippen LogP contribution in [0.2, 0.25) is 0 Å². The lowest BCUT2D eigenvalue weighted by molar-refractivity contribution is 0.404. The molecule has 4 rings (SSSR count). The molecule has 2 aromatic carbocycles. The molecule has 30 heavy (non-hydrogen) atoms. The first kappa shape index (κ1) is 20.3. The maximum absolute atomic E-state index is 10.2. The molecule has 1 aromatic heterocycles. The first-order valence-electron chi connectivity index (χ1n) is 10.1. The van der Waals surface area contributed by atoms with Gasteiger partial charge in [-0.25, -0.2) is 4.98 Å². The summed E-state index contributed by atoms with van der Waals surface area (Å²) in [6, 6.07) is 18.5. The normalized spacial score (nSPS) is 12.7. The molecule has 0 unspecified atom stereocenters. The minimum absolute atomic E-state index is 0.628. The Kier molecular flexibility index (Phi) is 6.25. The van der Waals surface area contributed by atoms with Gasteiger partial charge in [-0.1, -0.05) is 30.3 Å². The van der Waals surface area contributed by atoms with Gasteiger partial charge in [-0.15, -0.1) is 11.8 Å². The van der Waals surface area contributed by atoms with Gasteiger partial charge in [0.15, 0.2) is 0 Å². The Morgan fingerprint density at radius 2 is 1.83 bits per heavy atom. The summed E-state index contributed by atoms with van der Waals surface area (Å²) >= 11 is 1.62. The fourth-order valence-electron chi connectivity index (χ4n) is 3.96. The molecule has 1 aliphatic carbocycles. The van der Waals surface area contributed by atoms with Crippen molar-refractivity contribution in [2.24, 2.45) is 0 Å². The van der Waals surface area contributed by atoms with Gasteiger partial charge < -0.3 is 9.47 Å². The van der Waals surface area contributed by atoms with E-state index in [9.17, 15) is 5.26 Å². The van der Waals surface area contributed by atoms with Crippen LogP contribution in [0.15, 0.2) is 53.6 Å². The van der Waals surface area contributed by atoms with E-state index in [-0.39, 0.29) is 0 Å². The molecule has 0 N–H and O–H groups in total. The molecule has 152 valence electrons. The number of pyridine rings is 1. The minimum atomic E-state index is 0.628. The lowest BCUT2D eigenvalue weighted by atomic mass is 9.86. The van der Waals surface area contributed by atoms with Crippen molar-refractivity contribution in [1.29, 1.82) is 5.26 Å². The summed E-state index contributed by atoms with van der Waals surface area (Å²) in [6.45, 7) is 0. The fourth-order valence-corrected chi connectivity index (χ4v) is 4.92.